The Bertz CT molecular complexity index is 1260. The molecule has 1 aliphatic heterocycles. The van der Waals surface area contributed by atoms with Crippen LogP contribution in [-0.2, 0) is 21.2 Å². The van der Waals surface area contributed by atoms with Gasteiger partial charge in [0, 0.05) is 43.2 Å². The normalized spacial score (nSPS) is 17.3. The molecule has 0 radical (unpaired) electrons. The van der Waals surface area contributed by atoms with Crippen LogP contribution in [0.3, 0.4) is 0 Å². The third-order valence-corrected chi connectivity index (χ3v) is 9.42. The topological polar surface area (TPSA) is 96.6 Å². The molecule has 1 atom stereocenters. The number of hydrogen-bond donors (Lipinski definition) is 0. The van der Waals surface area contributed by atoms with E-state index in [9.17, 15) is 13.2 Å². The molecule has 176 valence electrons. The summed E-state index contributed by atoms with van der Waals surface area (Å²) in [5.41, 5.74) is 3.71. The van der Waals surface area contributed by atoms with E-state index in [0.29, 0.717) is 43.1 Å². The average Bonchev–Trinajstić information content (AvgIpc) is 3.50. The van der Waals surface area contributed by atoms with Crippen LogP contribution in [0, 0.1) is 19.8 Å². The summed E-state index contributed by atoms with van der Waals surface area (Å²) in [5, 5.41) is 5.64. The van der Waals surface area contributed by atoms with Crippen molar-refractivity contribution in [3.05, 3.63) is 46.7 Å². The van der Waals surface area contributed by atoms with E-state index >= 15 is 0 Å². The minimum atomic E-state index is -3.72. The van der Waals surface area contributed by atoms with Gasteiger partial charge in [-0.2, -0.15) is 9.29 Å². The maximum atomic E-state index is 13.3. The minimum absolute atomic E-state index is 0.0658. The van der Waals surface area contributed by atoms with Crippen molar-refractivity contribution in [2.75, 3.05) is 25.0 Å². The number of anilines is 1. The van der Waals surface area contributed by atoms with Gasteiger partial charge in [0.05, 0.1) is 5.92 Å². The number of aromatic nitrogens is 2. The molecule has 33 heavy (non-hydrogen) atoms. The van der Waals surface area contributed by atoms with Crippen LogP contribution in [0.5, 0.6) is 0 Å². The number of nitrogens with zero attached hydrogens (tertiary/aromatic N) is 4. The SMILES string of the molecule is CCc1nc(-c2csc(S(=O)(=O)N3CCCC(C(=O)N(C)c4ccc(C)c(C)c4)C3)c2)no1. The molecule has 1 amide bonds. The highest BCUT2D eigenvalue weighted by Gasteiger charge is 2.35. The molecule has 1 aliphatic rings. The van der Waals surface area contributed by atoms with Gasteiger partial charge in [-0.15, -0.1) is 11.3 Å². The molecular formula is C23H28N4O4S2. The first-order valence-electron chi connectivity index (χ1n) is 11.0. The molecule has 4 rings (SSSR count). The van der Waals surface area contributed by atoms with Gasteiger partial charge in [0.25, 0.3) is 10.0 Å². The van der Waals surface area contributed by atoms with Crippen LogP contribution in [0.1, 0.15) is 36.8 Å². The van der Waals surface area contributed by atoms with Crippen molar-refractivity contribution in [3.63, 3.8) is 0 Å². The van der Waals surface area contributed by atoms with Crippen LogP contribution < -0.4 is 4.90 Å². The van der Waals surface area contributed by atoms with Crippen molar-refractivity contribution < 1.29 is 17.7 Å². The Morgan fingerprint density at radius 3 is 2.76 bits per heavy atom. The monoisotopic (exact) mass is 488 g/mol. The van der Waals surface area contributed by atoms with Crippen LogP contribution in [0.2, 0.25) is 0 Å². The molecule has 2 aromatic heterocycles. The lowest BCUT2D eigenvalue weighted by Gasteiger charge is -2.33. The number of thiophene rings is 1. The number of benzene rings is 1. The van der Waals surface area contributed by atoms with E-state index in [1.54, 1.807) is 23.4 Å². The first-order valence-corrected chi connectivity index (χ1v) is 13.3. The van der Waals surface area contributed by atoms with E-state index in [0.717, 1.165) is 28.2 Å². The average molecular weight is 489 g/mol. The van der Waals surface area contributed by atoms with Crippen LogP contribution in [0.15, 0.2) is 38.4 Å². The number of aryl methyl sites for hydroxylation is 3. The fourth-order valence-electron chi connectivity index (χ4n) is 3.91. The predicted molar refractivity (Wildman–Crippen MR) is 128 cm³/mol. The van der Waals surface area contributed by atoms with E-state index in [1.165, 1.54) is 4.31 Å². The second kappa shape index (κ2) is 9.36. The maximum Gasteiger partial charge on any atom is 0.252 e. The first kappa shape index (κ1) is 23.6. The van der Waals surface area contributed by atoms with Crippen molar-refractivity contribution in [1.29, 1.82) is 0 Å². The Balaban J connectivity index is 1.50. The highest BCUT2D eigenvalue weighted by atomic mass is 32.2. The summed E-state index contributed by atoms with van der Waals surface area (Å²) in [6, 6.07) is 7.48. The molecule has 3 aromatic rings. The van der Waals surface area contributed by atoms with E-state index < -0.39 is 10.0 Å². The summed E-state index contributed by atoms with van der Waals surface area (Å²) < 4.78 is 33.4. The highest BCUT2D eigenvalue weighted by Crippen LogP contribution is 2.32. The Morgan fingerprint density at radius 2 is 2.06 bits per heavy atom. The second-order valence-corrected chi connectivity index (χ2v) is 11.5. The molecule has 0 bridgehead atoms. The Kier molecular flexibility index (Phi) is 6.69. The van der Waals surface area contributed by atoms with Crippen molar-refractivity contribution in [2.24, 2.45) is 5.92 Å². The van der Waals surface area contributed by atoms with E-state index in [4.69, 9.17) is 4.52 Å². The molecule has 3 heterocycles. The van der Waals surface area contributed by atoms with Crippen molar-refractivity contribution >= 4 is 33.0 Å². The number of carbonyl (C=O) groups is 1. The fourth-order valence-corrected chi connectivity index (χ4v) is 6.74. The molecule has 0 aliphatic carbocycles. The largest absolute Gasteiger partial charge is 0.339 e. The predicted octanol–water partition coefficient (Wildman–Crippen LogP) is 4.04. The van der Waals surface area contributed by atoms with Crippen molar-refractivity contribution in [3.8, 4) is 11.4 Å². The van der Waals surface area contributed by atoms with Gasteiger partial charge in [-0.25, -0.2) is 8.42 Å². The van der Waals surface area contributed by atoms with Crippen LogP contribution >= 0.6 is 11.3 Å². The van der Waals surface area contributed by atoms with Crippen molar-refractivity contribution in [1.82, 2.24) is 14.4 Å². The number of sulfonamides is 1. The highest BCUT2D eigenvalue weighted by molar-refractivity contribution is 7.91. The lowest BCUT2D eigenvalue weighted by Crippen LogP contribution is -2.45. The number of hydrogen-bond acceptors (Lipinski definition) is 7. The summed E-state index contributed by atoms with van der Waals surface area (Å²) >= 11 is 1.13. The zero-order chi connectivity index (χ0) is 23.8. The lowest BCUT2D eigenvalue weighted by molar-refractivity contribution is -0.123. The Hall–Kier alpha value is -2.56. The smallest absolute Gasteiger partial charge is 0.252 e. The number of piperidine rings is 1. The molecule has 0 N–H and O–H groups in total. The Labute approximate surface area is 198 Å². The van der Waals surface area contributed by atoms with Gasteiger partial charge in [0.15, 0.2) is 0 Å². The second-order valence-electron chi connectivity index (χ2n) is 8.39. The summed E-state index contributed by atoms with van der Waals surface area (Å²) in [6.45, 7) is 6.52. The molecule has 0 saturated carbocycles. The third-order valence-electron chi connectivity index (χ3n) is 6.14. The summed E-state index contributed by atoms with van der Waals surface area (Å²) in [7, 11) is -1.97. The van der Waals surface area contributed by atoms with Gasteiger partial charge in [0.1, 0.15) is 4.21 Å². The zero-order valence-corrected chi connectivity index (χ0v) is 20.9. The van der Waals surface area contributed by atoms with Gasteiger partial charge in [-0.05, 0) is 56.0 Å². The van der Waals surface area contributed by atoms with Gasteiger partial charge in [0.2, 0.25) is 17.6 Å². The van der Waals surface area contributed by atoms with Gasteiger partial charge in [-0.3, -0.25) is 4.79 Å². The van der Waals surface area contributed by atoms with E-state index in [2.05, 4.69) is 10.1 Å². The summed E-state index contributed by atoms with van der Waals surface area (Å²) in [5.74, 6) is 0.435. The van der Waals surface area contributed by atoms with Crippen molar-refractivity contribution in [2.45, 2.75) is 44.2 Å². The van der Waals surface area contributed by atoms with E-state index in [-0.39, 0.29) is 22.6 Å². The van der Waals surface area contributed by atoms with Crippen LogP contribution in [-0.4, -0.2) is 48.9 Å². The Morgan fingerprint density at radius 1 is 1.27 bits per heavy atom. The minimum Gasteiger partial charge on any atom is -0.339 e. The molecule has 8 nitrogen and oxygen atoms in total. The maximum absolute atomic E-state index is 13.3. The van der Waals surface area contributed by atoms with Crippen LogP contribution in [0.4, 0.5) is 5.69 Å². The van der Waals surface area contributed by atoms with E-state index in [1.807, 2.05) is 39.0 Å². The standard InChI is InChI=1S/C23H28N4O4S2/c1-5-20-24-22(25-31-20)18-12-21(32-14-18)33(29,30)27-10-6-7-17(13-27)23(28)26(4)19-9-8-15(2)16(3)11-19/h8-9,11-12,14,17H,5-7,10,13H2,1-4H3. The molecule has 1 fully saturated rings. The van der Waals surface area contributed by atoms with Gasteiger partial charge < -0.3 is 9.42 Å². The van der Waals surface area contributed by atoms with Crippen LogP contribution in [0.25, 0.3) is 11.4 Å². The molecule has 1 unspecified atom stereocenters. The summed E-state index contributed by atoms with van der Waals surface area (Å²) in [6.07, 6.45) is 1.92. The number of carbonyl (C=O) groups excluding carboxylic acids is 1. The lowest BCUT2D eigenvalue weighted by atomic mass is 9.98. The number of rotatable bonds is 6. The number of amides is 1. The molecule has 10 heteroatoms. The first-order chi connectivity index (χ1) is 15.7. The quantitative estimate of drug-likeness (QED) is 0.520. The van der Waals surface area contributed by atoms with Gasteiger partial charge in [-0.1, -0.05) is 18.1 Å². The zero-order valence-electron chi connectivity index (χ0n) is 19.2. The molecule has 0 spiro atoms. The molecule has 1 saturated heterocycles. The summed E-state index contributed by atoms with van der Waals surface area (Å²) in [4.78, 5) is 19.1. The third kappa shape index (κ3) is 4.73. The molecular weight excluding hydrogens is 460 g/mol. The van der Waals surface area contributed by atoms with Gasteiger partial charge >= 0.3 is 0 Å². The fraction of sp³-hybridized carbons (Fsp3) is 0.435. The molecule has 1 aromatic carbocycles.